The summed E-state index contributed by atoms with van der Waals surface area (Å²) in [4.78, 5) is 37.4. The SMILES string of the molecule is CCc1cccc(C(=O)NC2CCCN(c3ncc[nH]c3=O)C2)n1. The van der Waals surface area contributed by atoms with Crippen LogP contribution in [0.5, 0.6) is 0 Å². The Morgan fingerprint density at radius 3 is 3.12 bits per heavy atom. The Balaban J connectivity index is 1.68. The topological polar surface area (TPSA) is 91.0 Å². The van der Waals surface area contributed by atoms with E-state index in [1.54, 1.807) is 12.3 Å². The zero-order valence-corrected chi connectivity index (χ0v) is 13.7. The minimum absolute atomic E-state index is 0.0280. The molecule has 1 atom stereocenters. The number of nitrogens with zero attached hydrogens (tertiary/aromatic N) is 3. The van der Waals surface area contributed by atoms with Gasteiger partial charge in [-0.05, 0) is 31.4 Å². The fourth-order valence-corrected chi connectivity index (χ4v) is 2.92. The van der Waals surface area contributed by atoms with Gasteiger partial charge in [0.1, 0.15) is 5.69 Å². The molecule has 0 radical (unpaired) electrons. The molecule has 0 aliphatic carbocycles. The maximum Gasteiger partial charge on any atom is 0.290 e. The Hall–Kier alpha value is -2.70. The molecule has 3 heterocycles. The maximum atomic E-state index is 12.4. The normalized spacial score (nSPS) is 17.5. The summed E-state index contributed by atoms with van der Waals surface area (Å²) in [5.74, 6) is 0.231. The summed E-state index contributed by atoms with van der Waals surface area (Å²) in [6.07, 6.45) is 5.64. The highest BCUT2D eigenvalue weighted by Gasteiger charge is 2.24. The van der Waals surface area contributed by atoms with Crippen molar-refractivity contribution in [2.45, 2.75) is 32.2 Å². The second kappa shape index (κ2) is 7.25. The van der Waals surface area contributed by atoms with Gasteiger partial charge in [-0.25, -0.2) is 9.97 Å². The zero-order valence-electron chi connectivity index (χ0n) is 13.7. The van der Waals surface area contributed by atoms with Gasteiger partial charge in [-0.15, -0.1) is 0 Å². The predicted molar refractivity (Wildman–Crippen MR) is 91.2 cm³/mol. The number of hydrogen-bond acceptors (Lipinski definition) is 5. The Morgan fingerprint density at radius 2 is 2.33 bits per heavy atom. The van der Waals surface area contributed by atoms with Gasteiger partial charge in [-0.1, -0.05) is 13.0 Å². The predicted octanol–water partition coefficient (Wildman–Crippen LogP) is 1.13. The Labute approximate surface area is 140 Å². The molecule has 24 heavy (non-hydrogen) atoms. The lowest BCUT2D eigenvalue weighted by molar-refractivity contribution is 0.0928. The number of hydrogen-bond donors (Lipinski definition) is 2. The minimum atomic E-state index is -0.207. The second-order valence-electron chi connectivity index (χ2n) is 5.87. The molecule has 2 N–H and O–H groups in total. The lowest BCUT2D eigenvalue weighted by atomic mass is 10.1. The molecular formula is C17H21N5O2. The first-order chi connectivity index (χ1) is 11.7. The summed E-state index contributed by atoms with van der Waals surface area (Å²) < 4.78 is 0. The number of carbonyl (C=O) groups is 1. The van der Waals surface area contributed by atoms with Crippen molar-refractivity contribution in [2.24, 2.45) is 0 Å². The second-order valence-corrected chi connectivity index (χ2v) is 5.87. The van der Waals surface area contributed by atoms with Crippen molar-refractivity contribution in [1.82, 2.24) is 20.3 Å². The highest BCUT2D eigenvalue weighted by molar-refractivity contribution is 5.92. The van der Waals surface area contributed by atoms with E-state index in [1.165, 1.54) is 6.20 Å². The lowest BCUT2D eigenvalue weighted by Gasteiger charge is -2.33. The Morgan fingerprint density at radius 1 is 1.46 bits per heavy atom. The van der Waals surface area contributed by atoms with E-state index in [9.17, 15) is 9.59 Å². The first-order valence-electron chi connectivity index (χ1n) is 8.23. The van der Waals surface area contributed by atoms with Crippen LogP contribution in [-0.4, -0.2) is 40.0 Å². The molecule has 0 bridgehead atoms. The van der Waals surface area contributed by atoms with Gasteiger partial charge < -0.3 is 15.2 Å². The molecule has 2 aromatic rings. The third-order valence-corrected chi connectivity index (χ3v) is 4.15. The van der Waals surface area contributed by atoms with E-state index < -0.39 is 0 Å². The first-order valence-corrected chi connectivity index (χ1v) is 8.23. The molecule has 0 aromatic carbocycles. The van der Waals surface area contributed by atoms with E-state index >= 15 is 0 Å². The Bertz CT molecular complexity index is 773. The van der Waals surface area contributed by atoms with Crippen LogP contribution in [-0.2, 0) is 6.42 Å². The van der Waals surface area contributed by atoms with E-state index in [2.05, 4.69) is 20.3 Å². The molecular weight excluding hydrogens is 306 g/mol. The number of aromatic amines is 1. The molecule has 1 saturated heterocycles. The highest BCUT2D eigenvalue weighted by Crippen LogP contribution is 2.14. The molecule has 2 aromatic heterocycles. The number of nitrogens with one attached hydrogen (secondary N) is 2. The van der Waals surface area contributed by atoms with Gasteiger partial charge in [0.25, 0.3) is 11.5 Å². The number of aromatic nitrogens is 3. The van der Waals surface area contributed by atoms with Crippen LogP contribution in [0.25, 0.3) is 0 Å². The van der Waals surface area contributed by atoms with Crippen molar-refractivity contribution in [2.75, 3.05) is 18.0 Å². The van der Waals surface area contributed by atoms with Crippen molar-refractivity contribution in [3.63, 3.8) is 0 Å². The number of carbonyl (C=O) groups excluding carboxylic acids is 1. The standard InChI is InChI=1S/C17H21N5O2/c1-2-12-5-3-7-14(20-12)16(23)21-13-6-4-10-22(11-13)15-17(24)19-9-8-18-15/h3,5,7-9,13H,2,4,6,10-11H2,1H3,(H,19,24)(H,21,23). The molecule has 1 unspecified atom stereocenters. The van der Waals surface area contributed by atoms with Crippen LogP contribution in [0.15, 0.2) is 35.4 Å². The van der Waals surface area contributed by atoms with Crippen LogP contribution in [0.4, 0.5) is 5.82 Å². The van der Waals surface area contributed by atoms with Gasteiger partial charge in [-0.2, -0.15) is 0 Å². The number of H-pyrrole nitrogens is 1. The average molecular weight is 327 g/mol. The van der Waals surface area contributed by atoms with Crippen molar-refractivity contribution in [1.29, 1.82) is 0 Å². The number of aryl methyl sites for hydroxylation is 1. The number of piperidine rings is 1. The summed E-state index contributed by atoms with van der Waals surface area (Å²) in [5.41, 5.74) is 1.12. The highest BCUT2D eigenvalue weighted by atomic mass is 16.2. The van der Waals surface area contributed by atoms with E-state index in [0.717, 1.165) is 31.5 Å². The molecule has 126 valence electrons. The van der Waals surface area contributed by atoms with Crippen LogP contribution in [0, 0.1) is 0 Å². The number of pyridine rings is 1. The van der Waals surface area contributed by atoms with Crippen molar-refractivity contribution in [3.8, 4) is 0 Å². The fourth-order valence-electron chi connectivity index (χ4n) is 2.92. The Kier molecular flexibility index (Phi) is 4.88. The molecule has 0 spiro atoms. The van der Waals surface area contributed by atoms with E-state index in [1.807, 2.05) is 24.0 Å². The summed E-state index contributed by atoms with van der Waals surface area (Å²) in [5, 5.41) is 3.02. The monoisotopic (exact) mass is 327 g/mol. The van der Waals surface area contributed by atoms with Gasteiger partial charge >= 0.3 is 0 Å². The maximum absolute atomic E-state index is 12.4. The van der Waals surface area contributed by atoms with Crippen LogP contribution in [0.2, 0.25) is 0 Å². The average Bonchev–Trinajstić information content (AvgIpc) is 2.62. The minimum Gasteiger partial charge on any atom is -0.350 e. The third kappa shape index (κ3) is 3.61. The molecule has 1 amide bonds. The quantitative estimate of drug-likeness (QED) is 0.878. The molecule has 0 saturated carbocycles. The zero-order chi connectivity index (χ0) is 16.9. The lowest BCUT2D eigenvalue weighted by Crippen LogP contribution is -2.49. The van der Waals surface area contributed by atoms with Gasteiger partial charge in [0.15, 0.2) is 5.82 Å². The third-order valence-electron chi connectivity index (χ3n) is 4.15. The van der Waals surface area contributed by atoms with Gasteiger partial charge in [0, 0.05) is 37.2 Å². The fraction of sp³-hybridized carbons (Fsp3) is 0.412. The summed E-state index contributed by atoms with van der Waals surface area (Å²) in [6, 6.07) is 5.45. The smallest absolute Gasteiger partial charge is 0.290 e. The van der Waals surface area contributed by atoms with Crippen LogP contribution in [0.1, 0.15) is 35.9 Å². The largest absolute Gasteiger partial charge is 0.350 e. The number of amides is 1. The van der Waals surface area contributed by atoms with E-state index in [-0.39, 0.29) is 17.5 Å². The molecule has 3 rings (SSSR count). The van der Waals surface area contributed by atoms with Crippen LogP contribution in [0.3, 0.4) is 0 Å². The van der Waals surface area contributed by atoms with Crippen LogP contribution >= 0.6 is 0 Å². The molecule has 1 aliphatic heterocycles. The van der Waals surface area contributed by atoms with Crippen molar-refractivity contribution < 1.29 is 4.79 Å². The van der Waals surface area contributed by atoms with Gasteiger partial charge in [-0.3, -0.25) is 9.59 Å². The van der Waals surface area contributed by atoms with Gasteiger partial charge in [0.05, 0.1) is 0 Å². The van der Waals surface area contributed by atoms with Gasteiger partial charge in [0.2, 0.25) is 0 Å². The van der Waals surface area contributed by atoms with E-state index in [4.69, 9.17) is 0 Å². The van der Waals surface area contributed by atoms with E-state index in [0.29, 0.717) is 18.1 Å². The van der Waals surface area contributed by atoms with Crippen molar-refractivity contribution >= 4 is 11.7 Å². The number of rotatable bonds is 4. The first kappa shape index (κ1) is 16.2. The summed E-state index contributed by atoms with van der Waals surface area (Å²) in [7, 11) is 0. The molecule has 1 fully saturated rings. The van der Waals surface area contributed by atoms with Crippen LogP contribution < -0.4 is 15.8 Å². The molecule has 7 heteroatoms. The summed E-state index contributed by atoms with van der Waals surface area (Å²) >= 11 is 0. The molecule has 7 nitrogen and oxygen atoms in total. The van der Waals surface area contributed by atoms with Crippen molar-refractivity contribution in [3.05, 3.63) is 52.3 Å². The summed E-state index contributed by atoms with van der Waals surface area (Å²) in [6.45, 7) is 3.34. The molecule has 1 aliphatic rings. The number of anilines is 1.